The first-order valence-corrected chi connectivity index (χ1v) is 11.2. The quantitative estimate of drug-likeness (QED) is 0.324. The summed E-state index contributed by atoms with van der Waals surface area (Å²) in [5, 5.41) is 13.2. The Balaban J connectivity index is 1.31. The Morgan fingerprint density at radius 1 is 1.03 bits per heavy atom. The number of esters is 1. The first kappa shape index (κ1) is 20.3. The van der Waals surface area contributed by atoms with Gasteiger partial charge in [-0.1, -0.05) is 60.1 Å². The van der Waals surface area contributed by atoms with E-state index in [1.165, 1.54) is 0 Å². The van der Waals surface area contributed by atoms with Crippen molar-refractivity contribution in [1.29, 1.82) is 0 Å². The zero-order valence-electron chi connectivity index (χ0n) is 17.4. The lowest BCUT2D eigenvalue weighted by Crippen LogP contribution is -2.44. The fourth-order valence-corrected chi connectivity index (χ4v) is 5.53. The predicted octanol–water partition coefficient (Wildman–Crippen LogP) is 4.98. The maximum atomic E-state index is 13.2. The molecule has 3 aromatic rings. The molecule has 3 aromatic carbocycles. The van der Waals surface area contributed by atoms with Gasteiger partial charge in [-0.15, -0.1) is 0 Å². The lowest BCUT2D eigenvalue weighted by atomic mass is 9.78. The van der Waals surface area contributed by atoms with Crippen LogP contribution in [-0.4, -0.2) is 35.3 Å². The molecule has 0 bridgehead atoms. The highest BCUT2D eigenvalue weighted by Crippen LogP contribution is 2.57. The minimum Gasteiger partial charge on any atom is -0.480 e. The summed E-state index contributed by atoms with van der Waals surface area (Å²) >= 11 is 6.43. The van der Waals surface area contributed by atoms with Crippen LogP contribution in [0.4, 0.5) is 5.69 Å². The van der Waals surface area contributed by atoms with Crippen molar-refractivity contribution in [2.45, 2.75) is 30.6 Å². The number of fused-ring (bicyclic) bond motifs is 5. The number of halogens is 1. The number of carboxylic acid groups (broad SMARTS) is 1. The van der Waals surface area contributed by atoms with Gasteiger partial charge in [0.15, 0.2) is 0 Å². The van der Waals surface area contributed by atoms with Crippen LogP contribution in [0.15, 0.2) is 66.7 Å². The Bertz CT molecular complexity index is 1280. The maximum absolute atomic E-state index is 13.2. The third-order valence-corrected chi connectivity index (χ3v) is 7.15. The van der Waals surface area contributed by atoms with Crippen LogP contribution in [-0.2, 0) is 9.53 Å². The minimum atomic E-state index is -0.931. The number of ether oxygens (including phenoxy) is 2. The van der Waals surface area contributed by atoms with E-state index in [0.717, 1.165) is 16.7 Å². The largest absolute Gasteiger partial charge is 0.480 e. The number of hydrogen-bond acceptors (Lipinski definition) is 5. The molecule has 166 valence electrons. The zero-order chi connectivity index (χ0) is 22.7. The van der Waals surface area contributed by atoms with Crippen molar-refractivity contribution in [2.75, 3.05) is 5.32 Å². The third-order valence-electron chi connectivity index (χ3n) is 6.85. The Kier molecular flexibility index (Phi) is 4.67. The van der Waals surface area contributed by atoms with Crippen molar-refractivity contribution >= 4 is 29.2 Å². The van der Waals surface area contributed by atoms with Crippen molar-refractivity contribution in [3.05, 3.63) is 82.9 Å². The van der Waals surface area contributed by atoms with E-state index >= 15 is 0 Å². The molecular formula is C26H20ClNO5. The summed E-state index contributed by atoms with van der Waals surface area (Å²) in [6.45, 7) is 0. The molecule has 2 aliphatic heterocycles. The second-order valence-electron chi connectivity index (χ2n) is 8.70. The molecule has 0 spiro atoms. The highest BCUT2D eigenvalue weighted by atomic mass is 35.5. The number of para-hydroxylation sites is 1. The summed E-state index contributed by atoms with van der Waals surface area (Å²) in [6.07, 6.45) is 0.827. The van der Waals surface area contributed by atoms with Crippen LogP contribution >= 0.6 is 11.6 Å². The van der Waals surface area contributed by atoms with Crippen molar-refractivity contribution in [1.82, 2.24) is 0 Å². The second kappa shape index (κ2) is 7.61. The van der Waals surface area contributed by atoms with Crippen LogP contribution in [0.2, 0.25) is 5.02 Å². The Hall–Kier alpha value is -3.35. The molecule has 6 nitrogen and oxygen atoms in total. The molecule has 0 radical (unpaired) electrons. The number of carboxylic acids is 1. The number of aliphatic carboxylic acids is 1. The number of hydrogen-bond donors (Lipinski definition) is 2. The summed E-state index contributed by atoms with van der Waals surface area (Å²) in [5.74, 6) is -1.39. The molecule has 2 fully saturated rings. The number of carbonyl (C=O) groups is 2. The summed E-state index contributed by atoms with van der Waals surface area (Å²) in [6, 6.07) is 19.6. The van der Waals surface area contributed by atoms with E-state index in [4.69, 9.17) is 21.1 Å². The molecule has 1 aliphatic carbocycles. The molecule has 0 amide bonds. The van der Waals surface area contributed by atoms with Gasteiger partial charge < -0.3 is 19.9 Å². The van der Waals surface area contributed by atoms with Gasteiger partial charge in [0.2, 0.25) is 0 Å². The Morgan fingerprint density at radius 2 is 1.85 bits per heavy atom. The van der Waals surface area contributed by atoms with Crippen LogP contribution in [0, 0.1) is 5.92 Å². The van der Waals surface area contributed by atoms with Crippen LogP contribution < -0.4 is 10.1 Å². The van der Waals surface area contributed by atoms with E-state index in [-0.39, 0.29) is 35.4 Å². The summed E-state index contributed by atoms with van der Waals surface area (Å²) < 4.78 is 11.4. The molecule has 5 unspecified atom stereocenters. The standard InChI is InChI=1S/C26H20ClNO5/c27-18-11-14(13-5-2-1-3-6-13)9-10-19(18)33-26(31)16-8-4-7-15-21-17(12-20-24(21)32-20)23(25(29)30)28-22(15)16/h1-11,17,20-21,23-24,28H,12H2,(H,29,30). The lowest BCUT2D eigenvalue weighted by Gasteiger charge is -2.36. The van der Waals surface area contributed by atoms with Crippen molar-refractivity contribution in [3.8, 4) is 16.9 Å². The minimum absolute atomic E-state index is 0.0175. The first-order valence-electron chi connectivity index (χ1n) is 10.9. The fraction of sp³-hybridized carbons (Fsp3) is 0.231. The SMILES string of the molecule is O=C(Oc1ccc(-c2ccccc2)cc1Cl)c1cccc2c1NC(C(=O)O)C1CC3OC3C21. The number of benzene rings is 3. The molecule has 7 heteroatoms. The molecule has 33 heavy (non-hydrogen) atoms. The average molecular weight is 462 g/mol. The van der Waals surface area contributed by atoms with Gasteiger partial charge in [0.05, 0.1) is 28.5 Å². The molecule has 1 saturated heterocycles. The average Bonchev–Trinajstić information content (AvgIpc) is 3.49. The van der Waals surface area contributed by atoms with Gasteiger partial charge in [-0.25, -0.2) is 9.59 Å². The highest BCUT2D eigenvalue weighted by molar-refractivity contribution is 6.32. The van der Waals surface area contributed by atoms with Gasteiger partial charge in [0, 0.05) is 11.8 Å². The monoisotopic (exact) mass is 461 g/mol. The molecule has 5 atom stereocenters. The second-order valence-corrected chi connectivity index (χ2v) is 9.10. The van der Waals surface area contributed by atoms with Crippen LogP contribution in [0.1, 0.15) is 28.3 Å². The number of epoxide rings is 1. The first-order chi connectivity index (χ1) is 16.0. The van der Waals surface area contributed by atoms with Crippen LogP contribution in [0.3, 0.4) is 0 Å². The van der Waals surface area contributed by atoms with Crippen LogP contribution in [0.5, 0.6) is 5.75 Å². The number of rotatable bonds is 4. The van der Waals surface area contributed by atoms with Gasteiger partial charge in [-0.05, 0) is 41.3 Å². The van der Waals surface area contributed by atoms with Gasteiger partial charge >= 0.3 is 11.9 Å². The zero-order valence-corrected chi connectivity index (χ0v) is 18.2. The molecule has 0 aromatic heterocycles. The molecule has 3 aliphatic rings. The number of carbonyl (C=O) groups excluding carboxylic acids is 1. The molecule has 2 N–H and O–H groups in total. The predicted molar refractivity (Wildman–Crippen MR) is 123 cm³/mol. The Labute approximate surface area is 195 Å². The lowest BCUT2D eigenvalue weighted by molar-refractivity contribution is -0.139. The number of nitrogens with one attached hydrogen (secondary N) is 1. The van der Waals surface area contributed by atoms with Crippen molar-refractivity contribution in [3.63, 3.8) is 0 Å². The molecule has 2 heterocycles. The smallest absolute Gasteiger partial charge is 0.345 e. The fourth-order valence-electron chi connectivity index (χ4n) is 5.31. The third kappa shape index (κ3) is 3.37. The van der Waals surface area contributed by atoms with Crippen molar-refractivity contribution < 1.29 is 24.2 Å². The van der Waals surface area contributed by atoms with Crippen LogP contribution in [0.25, 0.3) is 11.1 Å². The molecular weight excluding hydrogens is 442 g/mol. The van der Waals surface area contributed by atoms with E-state index in [0.29, 0.717) is 17.1 Å². The Morgan fingerprint density at radius 3 is 2.61 bits per heavy atom. The molecule has 6 rings (SSSR count). The summed E-state index contributed by atoms with van der Waals surface area (Å²) in [7, 11) is 0. The normalized spacial score (nSPS) is 26.4. The topological polar surface area (TPSA) is 88.2 Å². The summed E-state index contributed by atoms with van der Waals surface area (Å²) in [4.78, 5) is 25.1. The van der Waals surface area contributed by atoms with E-state index in [1.54, 1.807) is 24.3 Å². The van der Waals surface area contributed by atoms with Gasteiger partial charge in [-0.3, -0.25) is 0 Å². The van der Waals surface area contributed by atoms with E-state index < -0.39 is 18.0 Å². The van der Waals surface area contributed by atoms with Crippen molar-refractivity contribution in [2.24, 2.45) is 5.92 Å². The highest BCUT2D eigenvalue weighted by Gasteiger charge is 2.61. The van der Waals surface area contributed by atoms with Gasteiger partial charge in [0.1, 0.15) is 11.8 Å². The van der Waals surface area contributed by atoms with E-state index in [2.05, 4.69) is 5.32 Å². The van der Waals surface area contributed by atoms with Gasteiger partial charge in [-0.2, -0.15) is 0 Å². The maximum Gasteiger partial charge on any atom is 0.345 e. The number of anilines is 1. The van der Waals surface area contributed by atoms with Gasteiger partial charge in [0.25, 0.3) is 0 Å². The van der Waals surface area contributed by atoms with E-state index in [1.807, 2.05) is 42.5 Å². The molecule has 1 saturated carbocycles. The summed E-state index contributed by atoms with van der Waals surface area (Å²) in [5.41, 5.74) is 3.61. The van der Waals surface area contributed by atoms with E-state index in [9.17, 15) is 14.7 Å².